The van der Waals surface area contributed by atoms with E-state index in [-0.39, 0.29) is 0 Å². The van der Waals surface area contributed by atoms with Crippen LogP contribution in [-0.4, -0.2) is 16.1 Å². The molecule has 0 saturated carbocycles. The molecule has 0 aliphatic carbocycles. The number of nitrogens with one attached hydrogen (secondary N) is 1. The molecule has 1 unspecified atom stereocenters. The minimum Gasteiger partial charge on any atom is -0.326 e. The van der Waals surface area contributed by atoms with Crippen LogP contribution in [0.5, 0.6) is 0 Å². The van der Waals surface area contributed by atoms with E-state index in [1.54, 1.807) is 0 Å². The number of hydrogen-bond acceptors (Lipinski definition) is 2. The van der Waals surface area contributed by atoms with Crippen molar-refractivity contribution in [1.82, 2.24) is 14.9 Å². The van der Waals surface area contributed by atoms with E-state index in [1.165, 1.54) is 12.8 Å². The maximum Gasteiger partial charge on any atom is 0.127 e. The molecule has 3 rings (SSSR count). The second kappa shape index (κ2) is 4.31. The van der Waals surface area contributed by atoms with Crippen molar-refractivity contribution in [3.05, 3.63) is 29.0 Å². The Labute approximate surface area is 106 Å². The molecule has 0 radical (unpaired) electrons. The number of para-hydroxylation sites is 1. The first-order chi connectivity index (χ1) is 8.31. The van der Waals surface area contributed by atoms with Crippen LogP contribution in [0, 0.1) is 0 Å². The van der Waals surface area contributed by atoms with E-state index < -0.39 is 0 Å². The van der Waals surface area contributed by atoms with Gasteiger partial charge in [-0.2, -0.15) is 0 Å². The minimum absolute atomic E-state index is 0.387. The molecule has 1 N–H and O–H groups in total. The first-order valence-corrected chi connectivity index (χ1v) is 6.57. The Morgan fingerprint density at radius 3 is 3.12 bits per heavy atom. The zero-order valence-electron chi connectivity index (χ0n) is 9.91. The van der Waals surface area contributed by atoms with Gasteiger partial charge in [0.25, 0.3) is 0 Å². The molecule has 0 bridgehead atoms. The molecule has 0 spiro atoms. The van der Waals surface area contributed by atoms with E-state index in [1.807, 2.05) is 18.2 Å². The topological polar surface area (TPSA) is 29.9 Å². The lowest BCUT2D eigenvalue weighted by molar-refractivity contribution is 0.565. The molecule has 4 heteroatoms. The highest BCUT2D eigenvalue weighted by Gasteiger charge is 2.23. The van der Waals surface area contributed by atoms with Gasteiger partial charge in [0.15, 0.2) is 0 Å². The van der Waals surface area contributed by atoms with Gasteiger partial charge in [0.05, 0.1) is 22.1 Å². The van der Waals surface area contributed by atoms with Crippen molar-refractivity contribution in [2.45, 2.75) is 32.4 Å². The predicted molar refractivity (Wildman–Crippen MR) is 70.4 cm³/mol. The molecular formula is C13H16ClN3. The van der Waals surface area contributed by atoms with E-state index in [4.69, 9.17) is 16.6 Å². The Morgan fingerprint density at radius 1 is 1.53 bits per heavy atom. The summed E-state index contributed by atoms with van der Waals surface area (Å²) >= 11 is 6.28. The number of imidazole rings is 1. The third-order valence-corrected chi connectivity index (χ3v) is 3.74. The van der Waals surface area contributed by atoms with Crippen molar-refractivity contribution < 1.29 is 0 Å². The fourth-order valence-electron chi connectivity index (χ4n) is 2.65. The van der Waals surface area contributed by atoms with E-state index in [0.717, 1.165) is 35.0 Å². The predicted octanol–water partition coefficient (Wildman–Crippen LogP) is 3.13. The van der Waals surface area contributed by atoms with Gasteiger partial charge in [0, 0.05) is 6.54 Å². The van der Waals surface area contributed by atoms with Crippen LogP contribution in [-0.2, 0) is 6.54 Å². The quantitative estimate of drug-likeness (QED) is 0.886. The van der Waals surface area contributed by atoms with Crippen molar-refractivity contribution in [2.75, 3.05) is 6.54 Å². The number of fused-ring (bicyclic) bond motifs is 1. The third-order valence-electron chi connectivity index (χ3n) is 3.44. The minimum atomic E-state index is 0.387. The Hall–Kier alpha value is -1.06. The molecule has 2 aromatic rings. The van der Waals surface area contributed by atoms with Crippen LogP contribution in [0.25, 0.3) is 11.0 Å². The molecule has 1 fully saturated rings. The van der Waals surface area contributed by atoms with Crippen molar-refractivity contribution in [2.24, 2.45) is 0 Å². The molecule has 17 heavy (non-hydrogen) atoms. The van der Waals surface area contributed by atoms with Gasteiger partial charge in [-0.3, -0.25) is 0 Å². The lowest BCUT2D eigenvalue weighted by atomic mass is 10.2. The molecule has 90 valence electrons. The molecule has 1 saturated heterocycles. The lowest BCUT2D eigenvalue weighted by Gasteiger charge is -2.12. The summed E-state index contributed by atoms with van der Waals surface area (Å²) in [6.45, 7) is 4.14. The van der Waals surface area contributed by atoms with E-state index in [9.17, 15) is 0 Å². The Balaban J connectivity index is 2.20. The average molecular weight is 250 g/mol. The first kappa shape index (κ1) is 11.1. The van der Waals surface area contributed by atoms with E-state index in [0.29, 0.717) is 6.04 Å². The number of aryl methyl sites for hydroxylation is 1. The van der Waals surface area contributed by atoms with Crippen LogP contribution in [0.4, 0.5) is 0 Å². The highest BCUT2D eigenvalue weighted by Crippen LogP contribution is 2.30. The summed E-state index contributed by atoms with van der Waals surface area (Å²) in [7, 11) is 0. The largest absolute Gasteiger partial charge is 0.326 e. The summed E-state index contributed by atoms with van der Waals surface area (Å²) < 4.78 is 2.24. The molecule has 1 aliphatic rings. The van der Waals surface area contributed by atoms with E-state index >= 15 is 0 Å². The second-order valence-electron chi connectivity index (χ2n) is 4.47. The number of nitrogens with zero attached hydrogens (tertiary/aromatic N) is 2. The van der Waals surface area contributed by atoms with Crippen molar-refractivity contribution in [3.8, 4) is 0 Å². The fraction of sp³-hybridized carbons (Fsp3) is 0.462. The fourth-order valence-corrected chi connectivity index (χ4v) is 2.92. The normalized spacial score (nSPS) is 20.2. The highest BCUT2D eigenvalue weighted by molar-refractivity contribution is 6.35. The molecule has 1 aromatic heterocycles. The van der Waals surface area contributed by atoms with Crippen molar-refractivity contribution in [3.63, 3.8) is 0 Å². The maximum atomic E-state index is 6.28. The Kier molecular flexibility index (Phi) is 2.81. The molecule has 0 amide bonds. The van der Waals surface area contributed by atoms with Gasteiger partial charge < -0.3 is 9.88 Å². The summed E-state index contributed by atoms with van der Waals surface area (Å²) in [5, 5.41) is 4.29. The summed E-state index contributed by atoms with van der Waals surface area (Å²) in [5.41, 5.74) is 2.07. The smallest absolute Gasteiger partial charge is 0.127 e. The second-order valence-corrected chi connectivity index (χ2v) is 4.88. The first-order valence-electron chi connectivity index (χ1n) is 6.19. The summed E-state index contributed by atoms with van der Waals surface area (Å²) in [4.78, 5) is 4.74. The molecular weight excluding hydrogens is 234 g/mol. The number of hydrogen-bond donors (Lipinski definition) is 1. The van der Waals surface area contributed by atoms with Gasteiger partial charge in [-0.05, 0) is 38.4 Å². The molecule has 1 aromatic carbocycles. The Morgan fingerprint density at radius 2 is 2.41 bits per heavy atom. The van der Waals surface area contributed by atoms with Gasteiger partial charge in [-0.25, -0.2) is 4.98 Å². The summed E-state index contributed by atoms with van der Waals surface area (Å²) in [5.74, 6) is 1.13. The van der Waals surface area contributed by atoms with Gasteiger partial charge in [0.2, 0.25) is 0 Å². The van der Waals surface area contributed by atoms with Gasteiger partial charge in [-0.15, -0.1) is 0 Å². The number of rotatable bonds is 2. The Bertz CT molecular complexity index is 541. The van der Waals surface area contributed by atoms with Gasteiger partial charge in [-0.1, -0.05) is 17.7 Å². The van der Waals surface area contributed by atoms with Crippen LogP contribution < -0.4 is 5.32 Å². The average Bonchev–Trinajstić information content (AvgIpc) is 2.95. The standard InChI is InChI=1S/C13H16ClN3/c1-2-17-12-9(14)5-3-6-10(12)16-13(17)11-7-4-8-15-11/h3,5-6,11,15H,2,4,7-8H2,1H3. The van der Waals surface area contributed by atoms with Crippen molar-refractivity contribution in [1.29, 1.82) is 0 Å². The lowest BCUT2D eigenvalue weighted by Crippen LogP contribution is -2.17. The van der Waals surface area contributed by atoms with Crippen LogP contribution in [0.1, 0.15) is 31.6 Å². The number of halogens is 1. The number of aromatic nitrogens is 2. The van der Waals surface area contributed by atoms with Crippen molar-refractivity contribution >= 4 is 22.6 Å². The highest BCUT2D eigenvalue weighted by atomic mass is 35.5. The third kappa shape index (κ3) is 1.74. The molecule has 1 aliphatic heterocycles. The van der Waals surface area contributed by atoms with Gasteiger partial charge >= 0.3 is 0 Å². The molecule has 2 heterocycles. The van der Waals surface area contributed by atoms with Crippen LogP contribution >= 0.6 is 11.6 Å². The molecule has 3 nitrogen and oxygen atoms in total. The molecule has 1 atom stereocenters. The van der Waals surface area contributed by atoms with Crippen LogP contribution in [0.3, 0.4) is 0 Å². The van der Waals surface area contributed by atoms with E-state index in [2.05, 4.69) is 16.8 Å². The van der Waals surface area contributed by atoms with Crippen LogP contribution in [0.2, 0.25) is 5.02 Å². The summed E-state index contributed by atoms with van der Waals surface area (Å²) in [6, 6.07) is 6.32. The monoisotopic (exact) mass is 249 g/mol. The maximum absolute atomic E-state index is 6.28. The SMILES string of the molecule is CCn1c(C2CCCN2)nc2cccc(Cl)c21. The zero-order chi connectivity index (χ0) is 11.8. The number of benzene rings is 1. The summed E-state index contributed by atoms with van der Waals surface area (Å²) in [6.07, 6.45) is 2.40. The van der Waals surface area contributed by atoms with Gasteiger partial charge in [0.1, 0.15) is 5.82 Å². The van der Waals surface area contributed by atoms with Crippen LogP contribution in [0.15, 0.2) is 18.2 Å². The zero-order valence-corrected chi connectivity index (χ0v) is 10.7.